The summed E-state index contributed by atoms with van der Waals surface area (Å²) in [7, 11) is 1.78. The molecule has 2 rings (SSSR count). The van der Waals surface area contributed by atoms with Crippen LogP contribution in [-0.2, 0) is 4.74 Å². The zero-order valence-corrected chi connectivity index (χ0v) is 13.2. The van der Waals surface area contributed by atoms with Crippen molar-refractivity contribution >= 4 is 15.9 Å². The lowest BCUT2D eigenvalue weighted by Crippen LogP contribution is -2.30. The Labute approximate surface area is 123 Å². The SMILES string of the molecule is COC1CCCC(Oc2ccc(Br)cc2C(C)N)C1. The van der Waals surface area contributed by atoms with Crippen molar-refractivity contribution < 1.29 is 9.47 Å². The van der Waals surface area contributed by atoms with Crippen LogP contribution in [0.4, 0.5) is 0 Å². The molecule has 0 aromatic heterocycles. The second-order valence-corrected chi connectivity index (χ2v) is 6.15. The van der Waals surface area contributed by atoms with Gasteiger partial charge in [0.15, 0.2) is 0 Å². The van der Waals surface area contributed by atoms with Gasteiger partial charge in [0, 0.05) is 29.6 Å². The van der Waals surface area contributed by atoms with Crippen LogP contribution in [-0.4, -0.2) is 19.3 Å². The number of hydrogen-bond acceptors (Lipinski definition) is 3. The molecule has 0 radical (unpaired) electrons. The zero-order valence-electron chi connectivity index (χ0n) is 11.6. The summed E-state index contributed by atoms with van der Waals surface area (Å²) in [5.41, 5.74) is 7.07. The number of hydrogen-bond donors (Lipinski definition) is 1. The summed E-state index contributed by atoms with van der Waals surface area (Å²) in [5, 5.41) is 0. The second-order valence-electron chi connectivity index (χ2n) is 5.23. The average Bonchev–Trinajstić information content (AvgIpc) is 2.41. The average molecular weight is 328 g/mol. The lowest BCUT2D eigenvalue weighted by atomic mass is 9.94. The van der Waals surface area contributed by atoms with Crippen LogP contribution in [0.15, 0.2) is 22.7 Å². The van der Waals surface area contributed by atoms with E-state index in [-0.39, 0.29) is 12.1 Å². The maximum atomic E-state index is 6.15. The van der Waals surface area contributed by atoms with E-state index in [0.29, 0.717) is 6.10 Å². The Morgan fingerprint density at radius 2 is 2.05 bits per heavy atom. The highest BCUT2D eigenvalue weighted by Gasteiger charge is 2.24. The Hall–Kier alpha value is -0.580. The molecule has 3 nitrogen and oxygen atoms in total. The third-order valence-corrected chi connectivity index (χ3v) is 4.16. The number of benzene rings is 1. The van der Waals surface area contributed by atoms with E-state index in [4.69, 9.17) is 15.2 Å². The van der Waals surface area contributed by atoms with Gasteiger partial charge in [-0.3, -0.25) is 0 Å². The number of nitrogens with two attached hydrogens (primary N) is 1. The fourth-order valence-corrected chi connectivity index (χ4v) is 2.96. The number of ether oxygens (including phenoxy) is 2. The molecule has 1 aromatic carbocycles. The predicted octanol–water partition coefficient (Wildman–Crippen LogP) is 3.81. The van der Waals surface area contributed by atoms with Gasteiger partial charge in [0.25, 0.3) is 0 Å². The van der Waals surface area contributed by atoms with Crippen LogP contribution in [0.5, 0.6) is 5.75 Å². The maximum Gasteiger partial charge on any atom is 0.124 e. The van der Waals surface area contributed by atoms with Crippen molar-refractivity contribution in [3.05, 3.63) is 28.2 Å². The Kier molecular flexibility index (Phi) is 5.25. The summed E-state index contributed by atoms with van der Waals surface area (Å²) in [4.78, 5) is 0. The quantitative estimate of drug-likeness (QED) is 0.914. The first-order valence-electron chi connectivity index (χ1n) is 6.84. The van der Waals surface area contributed by atoms with Gasteiger partial charge < -0.3 is 15.2 Å². The molecule has 0 amide bonds. The first kappa shape index (κ1) is 14.8. The topological polar surface area (TPSA) is 44.5 Å². The predicted molar refractivity (Wildman–Crippen MR) is 80.4 cm³/mol. The van der Waals surface area contributed by atoms with E-state index < -0.39 is 0 Å². The van der Waals surface area contributed by atoms with Crippen LogP contribution in [0.1, 0.15) is 44.2 Å². The van der Waals surface area contributed by atoms with E-state index in [1.54, 1.807) is 7.11 Å². The van der Waals surface area contributed by atoms with Gasteiger partial charge in [-0.1, -0.05) is 15.9 Å². The number of methoxy groups -OCH3 is 1. The second kappa shape index (κ2) is 6.73. The first-order valence-corrected chi connectivity index (χ1v) is 7.64. The standard InChI is InChI=1S/C15H22BrNO2/c1-10(17)14-8-11(16)6-7-15(14)19-13-5-3-4-12(9-13)18-2/h6-8,10,12-13H,3-5,9,17H2,1-2H3. The van der Waals surface area contributed by atoms with Gasteiger partial charge in [0.2, 0.25) is 0 Å². The van der Waals surface area contributed by atoms with Gasteiger partial charge >= 0.3 is 0 Å². The highest BCUT2D eigenvalue weighted by molar-refractivity contribution is 9.10. The van der Waals surface area contributed by atoms with E-state index in [9.17, 15) is 0 Å². The van der Waals surface area contributed by atoms with Gasteiger partial charge in [-0.25, -0.2) is 0 Å². The Bertz CT molecular complexity index is 423. The van der Waals surface area contributed by atoms with Gasteiger partial charge in [0.05, 0.1) is 6.10 Å². The van der Waals surface area contributed by atoms with Crippen molar-refractivity contribution in [2.75, 3.05) is 7.11 Å². The molecular weight excluding hydrogens is 306 g/mol. The largest absolute Gasteiger partial charge is 0.490 e. The van der Waals surface area contributed by atoms with Crippen molar-refractivity contribution in [1.29, 1.82) is 0 Å². The fourth-order valence-electron chi connectivity index (χ4n) is 2.59. The Morgan fingerprint density at radius 1 is 1.32 bits per heavy atom. The lowest BCUT2D eigenvalue weighted by molar-refractivity contribution is 0.0206. The summed E-state index contributed by atoms with van der Waals surface area (Å²) in [5.74, 6) is 0.903. The van der Waals surface area contributed by atoms with Crippen LogP contribution in [0.25, 0.3) is 0 Å². The smallest absolute Gasteiger partial charge is 0.124 e. The monoisotopic (exact) mass is 327 g/mol. The minimum absolute atomic E-state index is 0.0330. The molecule has 1 aliphatic carbocycles. The van der Waals surface area contributed by atoms with Crippen LogP contribution >= 0.6 is 15.9 Å². The Morgan fingerprint density at radius 3 is 2.74 bits per heavy atom. The maximum absolute atomic E-state index is 6.15. The van der Waals surface area contributed by atoms with Crippen LogP contribution in [0.3, 0.4) is 0 Å². The van der Waals surface area contributed by atoms with Gasteiger partial charge in [-0.05, 0) is 44.4 Å². The summed E-state index contributed by atoms with van der Waals surface area (Å²) >= 11 is 3.48. The molecule has 0 aliphatic heterocycles. The van der Waals surface area contributed by atoms with Gasteiger partial charge in [-0.15, -0.1) is 0 Å². The lowest BCUT2D eigenvalue weighted by Gasteiger charge is -2.29. The normalized spacial score (nSPS) is 25.1. The first-order chi connectivity index (χ1) is 9.10. The summed E-state index contributed by atoms with van der Waals surface area (Å²) in [6.07, 6.45) is 4.91. The molecule has 1 aromatic rings. The third-order valence-electron chi connectivity index (χ3n) is 3.67. The molecule has 3 unspecified atom stereocenters. The molecule has 4 heteroatoms. The van der Waals surface area contributed by atoms with E-state index in [2.05, 4.69) is 15.9 Å². The summed E-state index contributed by atoms with van der Waals surface area (Å²) in [6, 6.07) is 6.00. The van der Waals surface area contributed by atoms with Crippen LogP contribution < -0.4 is 10.5 Å². The minimum atomic E-state index is -0.0330. The summed E-state index contributed by atoms with van der Waals surface area (Å²) in [6.45, 7) is 1.98. The molecule has 0 heterocycles. The van der Waals surface area contributed by atoms with Crippen LogP contribution in [0, 0.1) is 0 Å². The molecule has 1 aliphatic rings. The fraction of sp³-hybridized carbons (Fsp3) is 0.600. The van der Waals surface area contributed by atoms with Crippen molar-refractivity contribution in [1.82, 2.24) is 0 Å². The van der Waals surface area contributed by atoms with Crippen molar-refractivity contribution in [2.45, 2.75) is 50.9 Å². The molecule has 19 heavy (non-hydrogen) atoms. The molecule has 1 saturated carbocycles. The molecule has 0 saturated heterocycles. The molecular formula is C15H22BrNO2. The molecule has 0 spiro atoms. The van der Waals surface area contributed by atoms with E-state index in [1.165, 1.54) is 0 Å². The van der Waals surface area contributed by atoms with Crippen LogP contribution in [0.2, 0.25) is 0 Å². The molecule has 1 fully saturated rings. The van der Waals surface area contributed by atoms with E-state index in [1.807, 2.05) is 25.1 Å². The number of rotatable bonds is 4. The van der Waals surface area contributed by atoms with Crippen molar-refractivity contribution in [3.8, 4) is 5.75 Å². The van der Waals surface area contributed by atoms with Crippen molar-refractivity contribution in [2.24, 2.45) is 5.73 Å². The van der Waals surface area contributed by atoms with E-state index in [0.717, 1.165) is 41.5 Å². The van der Waals surface area contributed by atoms with Gasteiger partial charge in [0.1, 0.15) is 11.9 Å². The highest BCUT2D eigenvalue weighted by Crippen LogP contribution is 2.31. The summed E-state index contributed by atoms with van der Waals surface area (Å²) < 4.78 is 12.6. The van der Waals surface area contributed by atoms with Gasteiger partial charge in [-0.2, -0.15) is 0 Å². The van der Waals surface area contributed by atoms with Crippen molar-refractivity contribution in [3.63, 3.8) is 0 Å². The molecule has 2 N–H and O–H groups in total. The molecule has 106 valence electrons. The highest BCUT2D eigenvalue weighted by atomic mass is 79.9. The molecule has 0 bridgehead atoms. The minimum Gasteiger partial charge on any atom is -0.490 e. The Balaban J connectivity index is 2.10. The van der Waals surface area contributed by atoms with E-state index >= 15 is 0 Å². The molecule has 3 atom stereocenters. The zero-order chi connectivity index (χ0) is 13.8. The third kappa shape index (κ3) is 3.94. The number of halogens is 1.